The second-order valence-corrected chi connectivity index (χ2v) is 5.43. The SMILES string of the molecule is CC(C)(C)c1cc(C(=O)O)cc(Oc2cccnc2)n1. The van der Waals surface area contributed by atoms with Gasteiger partial charge in [-0.15, -0.1) is 0 Å². The molecule has 1 N–H and O–H groups in total. The lowest BCUT2D eigenvalue weighted by molar-refractivity contribution is 0.0696. The summed E-state index contributed by atoms with van der Waals surface area (Å²) in [5, 5.41) is 9.17. The fraction of sp³-hybridized carbons (Fsp3) is 0.267. The van der Waals surface area contributed by atoms with Crippen LogP contribution in [-0.2, 0) is 5.41 Å². The second kappa shape index (κ2) is 5.28. The first-order chi connectivity index (χ1) is 9.36. The van der Waals surface area contributed by atoms with Gasteiger partial charge in [0.2, 0.25) is 5.88 Å². The molecule has 20 heavy (non-hydrogen) atoms. The normalized spacial score (nSPS) is 11.2. The van der Waals surface area contributed by atoms with Crippen molar-refractivity contribution in [3.8, 4) is 11.6 Å². The maximum atomic E-state index is 11.2. The van der Waals surface area contributed by atoms with E-state index in [1.165, 1.54) is 6.07 Å². The molecule has 0 aliphatic carbocycles. The van der Waals surface area contributed by atoms with Crippen LogP contribution >= 0.6 is 0 Å². The van der Waals surface area contributed by atoms with E-state index in [0.717, 1.165) is 0 Å². The minimum Gasteiger partial charge on any atom is -0.478 e. The molecule has 5 heteroatoms. The van der Waals surface area contributed by atoms with Crippen LogP contribution in [0.3, 0.4) is 0 Å². The fourth-order valence-electron chi connectivity index (χ4n) is 1.59. The predicted octanol–water partition coefficient (Wildman–Crippen LogP) is 3.26. The van der Waals surface area contributed by atoms with Crippen LogP contribution in [0.4, 0.5) is 0 Å². The molecule has 0 aromatic carbocycles. The molecule has 2 aromatic heterocycles. The van der Waals surface area contributed by atoms with Gasteiger partial charge in [0, 0.05) is 17.7 Å². The van der Waals surface area contributed by atoms with Crippen LogP contribution in [0.5, 0.6) is 11.6 Å². The molecule has 2 aromatic rings. The Kier molecular flexibility index (Phi) is 3.70. The first-order valence-electron chi connectivity index (χ1n) is 6.20. The van der Waals surface area contributed by atoms with Crippen molar-refractivity contribution in [1.82, 2.24) is 9.97 Å². The maximum absolute atomic E-state index is 11.2. The van der Waals surface area contributed by atoms with Gasteiger partial charge in [0.1, 0.15) is 5.75 Å². The van der Waals surface area contributed by atoms with Crippen LogP contribution < -0.4 is 4.74 Å². The summed E-state index contributed by atoms with van der Waals surface area (Å²) in [5.41, 5.74) is 0.554. The molecule has 0 saturated carbocycles. The summed E-state index contributed by atoms with van der Waals surface area (Å²) in [5.74, 6) is -0.237. The number of carboxylic acid groups (broad SMARTS) is 1. The first kappa shape index (κ1) is 14.0. The van der Waals surface area contributed by atoms with Crippen LogP contribution in [0.15, 0.2) is 36.7 Å². The topological polar surface area (TPSA) is 72.3 Å². The number of nitrogens with zero attached hydrogens (tertiary/aromatic N) is 2. The molecular weight excluding hydrogens is 256 g/mol. The zero-order valence-electron chi connectivity index (χ0n) is 11.6. The average Bonchev–Trinajstić information content (AvgIpc) is 2.38. The summed E-state index contributed by atoms with van der Waals surface area (Å²) >= 11 is 0. The van der Waals surface area contributed by atoms with Crippen molar-refractivity contribution in [2.24, 2.45) is 0 Å². The highest BCUT2D eigenvalue weighted by Crippen LogP contribution is 2.26. The zero-order valence-corrected chi connectivity index (χ0v) is 11.6. The van der Waals surface area contributed by atoms with Gasteiger partial charge in [-0.3, -0.25) is 4.98 Å². The smallest absolute Gasteiger partial charge is 0.335 e. The van der Waals surface area contributed by atoms with E-state index in [1.54, 1.807) is 30.6 Å². The van der Waals surface area contributed by atoms with E-state index < -0.39 is 5.97 Å². The van der Waals surface area contributed by atoms with Crippen molar-refractivity contribution < 1.29 is 14.6 Å². The van der Waals surface area contributed by atoms with Crippen LogP contribution in [0.25, 0.3) is 0 Å². The Labute approximate surface area is 117 Å². The maximum Gasteiger partial charge on any atom is 0.335 e. The van der Waals surface area contributed by atoms with Crippen molar-refractivity contribution >= 4 is 5.97 Å². The van der Waals surface area contributed by atoms with E-state index in [0.29, 0.717) is 11.4 Å². The second-order valence-electron chi connectivity index (χ2n) is 5.43. The van der Waals surface area contributed by atoms with Crippen LogP contribution in [0.1, 0.15) is 36.8 Å². The predicted molar refractivity (Wildman–Crippen MR) is 74.2 cm³/mol. The number of carboxylic acids is 1. The lowest BCUT2D eigenvalue weighted by Gasteiger charge is -2.19. The molecule has 0 aliphatic heterocycles. The monoisotopic (exact) mass is 272 g/mol. The number of ether oxygens (including phenoxy) is 1. The van der Waals surface area contributed by atoms with Gasteiger partial charge in [-0.1, -0.05) is 20.8 Å². The van der Waals surface area contributed by atoms with Crippen LogP contribution in [0.2, 0.25) is 0 Å². The molecule has 0 radical (unpaired) electrons. The Morgan fingerprint density at radius 2 is 2.05 bits per heavy atom. The molecule has 0 spiro atoms. The minimum absolute atomic E-state index is 0.156. The molecule has 5 nitrogen and oxygen atoms in total. The van der Waals surface area contributed by atoms with Gasteiger partial charge in [0.25, 0.3) is 0 Å². The molecule has 0 amide bonds. The Bertz CT molecular complexity index is 619. The van der Waals surface area contributed by atoms with Crippen molar-refractivity contribution in [2.75, 3.05) is 0 Å². The Morgan fingerprint density at radius 3 is 2.60 bits per heavy atom. The van der Waals surface area contributed by atoms with E-state index in [9.17, 15) is 4.79 Å². The molecule has 0 unspecified atom stereocenters. The van der Waals surface area contributed by atoms with Gasteiger partial charge in [-0.25, -0.2) is 9.78 Å². The van der Waals surface area contributed by atoms with Gasteiger partial charge in [-0.2, -0.15) is 0 Å². The molecule has 2 heterocycles. The summed E-state index contributed by atoms with van der Waals surface area (Å²) in [6, 6.07) is 6.45. The van der Waals surface area contributed by atoms with E-state index in [4.69, 9.17) is 9.84 Å². The molecule has 0 aliphatic rings. The van der Waals surface area contributed by atoms with Gasteiger partial charge in [-0.05, 0) is 18.2 Å². The van der Waals surface area contributed by atoms with Crippen molar-refractivity contribution in [2.45, 2.75) is 26.2 Å². The lowest BCUT2D eigenvalue weighted by atomic mass is 9.91. The molecule has 104 valence electrons. The van der Waals surface area contributed by atoms with Gasteiger partial charge >= 0.3 is 5.97 Å². The van der Waals surface area contributed by atoms with E-state index in [1.807, 2.05) is 20.8 Å². The Hall–Kier alpha value is -2.43. The highest BCUT2D eigenvalue weighted by atomic mass is 16.5. The third-order valence-electron chi connectivity index (χ3n) is 2.67. The summed E-state index contributed by atoms with van der Waals surface area (Å²) in [4.78, 5) is 19.5. The third kappa shape index (κ3) is 3.32. The Morgan fingerprint density at radius 1 is 1.30 bits per heavy atom. The van der Waals surface area contributed by atoms with E-state index in [-0.39, 0.29) is 16.9 Å². The lowest BCUT2D eigenvalue weighted by Crippen LogP contribution is -2.15. The van der Waals surface area contributed by atoms with Crippen LogP contribution in [-0.4, -0.2) is 21.0 Å². The third-order valence-corrected chi connectivity index (χ3v) is 2.67. The summed E-state index contributed by atoms with van der Waals surface area (Å²) in [6.07, 6.45) is 3.18. The number of hydrogen-bond donors (Lipinski definition) is 1. The molecule has 0 atom stereocenters. The zero-order chi connectivity index (χ0) is 14.8. The highest BCUT2D eigenvalue weighted by molar-refractivity contribution is 5.88. The number of rotatable bonds is 3. The summed E-state index contributed by atoms with van der Waals surface area (Å²) in [7, 11) is 0. The van der Waals surface area contributed by atoms with Gasteiger partial charge in [0.05, 0.1) is 17.5 Å². The minimum atomic E-state index is -1.01. The number of carbonyl (C=O) groups is 1. The van der Waals surface area contributed by atoms with Crippen LogP contribution in [0, 0.1) is 0 Å². The quantitative estimate of drug-likeness (QED) is 0.928. The molecule has 0 saturated heterocycles. The summed E-state index contributed by atoms with van der Waals surface area (Å²) in [6.45, 7) is 5.90. The number of aromatic nitrogens is 2. The fourth-order valence-corrected chi connectivity index (χ4v) is 1.59. The van der Waals surface area contributed by atoms with Crippen molar-refractivity contribution in [3.05, 3.63) is 47.9 Å². The van der Waals surface area contributed by atoms with Gasteiger partial charge < -0.3 is 9.84 Å². The van der Waals surface area contributed by atoms with Crippen molar-refractivity contribution in [1.29, 1.82) is 0 Å². The molecule has 2 rings (SSSR count). The molecular formula is C15H16N2O3. The Balaban J connectivity index is 2.42. The van der Waals surface area contributed by atoms with E-state index >= 15 is 0 Å². The van der Waals surface area contributed by atoms with E-state index in [2.05, 4.69) is 9.97 Å². The summed E-state index contributed by atoms with van der Waals surface area (Å²) < 4.78 is 5.57. The standard InChI is InChI=1S/C15H16N2O3/c1-15(2,3)12-7-10(14(18)19)8-13(17-12)20-11-5-4-6-16-9-11/h4-9H,1-3H3,(H,18,19). The number of aromatic carboxylic acids is 1. The number of hydrogen-bond acceptors (Lipinski definition) is 4. The molecule has 0 bridgehead atoms. The van der Waals surface area contributed by atoms with Crippen molar-refractivity contribution in [3.63, 3.8) is 0 Å². The number of pyridine rings is 2. The largest absolute Gasteiger partial charge is 0.478 e. The molecule has 0 fully saturated rings. The highest BCUT2D eigenvalue weighted by Gasteiger charge is 2.19. The average molecular weight is 272 g/mol. The first-order valence-corrected chi connectivity index (χ1v) is 6.20. The van der Waals surface area contributed by atoms with Gasteiger partial charge in [0.15, 0.2) is 0 Å².